The van der Waals surface area contributed by atoms with Gasteiger partial charge in [-0.05, 0) is 37.0 Å². The fourth-order valence-electron chi connectivity index (χ4n) is 2.68. The molecule has 1 aromatic carbocycles. The first-order valence-corrected chi connectivity index (χ1v) is 7.53. The minimum Gasteiger partial charge on any atom is -0.435 e. The second kappa shape index (κ2) is 8.08. The number of aliphatic hydroxyl groups is 1. The first kappa shape index (κ1) is 16.7. The van der Waals surface area contributed by atoms with Crippen LogP contribution in [0.1, 0.15) is 31.2 Å². The number of nitrogens with one attached hydrogen (secondary N) is 1. The summed E-state index contributed by atoms with van der Waals surface area (Å²) in [5, 5.41) is 12.5. The van der Waals surface area contributed by atoms with E-state index in [2.05, 4.69) is 10.1 Å². The second-order valence-electron chi connectivity index (χ2n) is 5.58. The minimum atomic E-state index is -2.83. The van der Waals surface area contributed by atoms with Crippen LogP contribution in [0.2, 0.25) is 0 Å². The topological polar surface area (TPSA) is 58.6 Å². The van der Waals surface area contributed by atoms with E-state index in [9.17, 15) is 18.7 Å². The van der Waals surface area contributed by atoms with Crippen LogP contribution in [0.15, 0.2) is 24.3 Å². The second-order valence-corrected chi connectivity index (χ2v) is 5.58. The Balaban J connectivity index is 1.69. The van der Waals surface area contributed by atoms with Gasteiger partial charge in [-0.1, -0.05) is 18.6 Å². The number of hydrogen-bond donors (Lipinski definition) is 2. The van der Waals surface area contributed by atoms with Gasteiger partial charge in [0.15, 0.2) is 0 Å². The number of alkyl halides is 2. The number of carbonyl (C=O) groups is 1. The third-order valence-electron chi connectivity index (χ3n) is 3.97. The quantitative estimate of drug-likeness (QED) is 0.813. The lowest BCUT2D eigenvalue weighted by atomic mass is 10.1. The van der Waals surface area contributed by atoms with Crippen molar-refractivity contribution >= 4 is 5.91 Å². The molecule has 2 N–H and O–H groups in total. The van der Waals surface area contributed by atoms with Crippen molar-refractivity contribution in [2.75, 3.05) is 6.54 Å². The Morgan fingerprint density at radius 1 is 1.32 bits per heavy atom. The van der Waals surface area contributed by atoms with Crippen LogP contribution in [0.5, 0.6) is 5.75 Å². The predicted molar refractivity (Wildman–Crippen MR) is 77.8 cm³/mol. The fraction of sp³-hybridized carbons (Fsp3) is 0.562. The molecule has 1 aromatic rings. The molecule has 6 heteroatoms. The summed E-state index contributed by atoms with van der Waals surface area (Å²) in [6.45, 7) is -2.32. The highest BCUT2D eigenvalue weighted by molar-refractivity contribution is 5.76. The lowest BCUT2D eigenvalue weighted by molar-refractivity contribution is -0.121. The summed E-state index contributed by atoms with van der Waals surface area (Å²) in [5.41, 5.74) is 0.887. The van der Waals surface area contributed by atoms with Crippen molar-refractivity contribution in [3.63, 3.8) is 0 Å². The van der Waals surface area contributed by atoms with E-state index in [-0.39, 0.29) is 23.7 Å². The zero-order chi connectivity index (χ0) is 15.9. The number of hydrogen-bond acceptors (Lipinski definition) is 3. The average Bonchev–Trinajstić information content (AvgIpc) is 2.89. The van der Waals surface area contributed by atoms with Gasteiger partial charge in [-0.15, -0.1) is 0 Å². The molecule has 0 saturated heterocycles. The van der Waals surface area contributed by atoms with Crippen molar-refractivity contribution < 1.29 is 23.4 Å². The van der Waals surface area contributed by atoms with Gasteiger partial charge in [0, 0.05) is 18.9 Å². The maximum Gasteiger partial charge on any atom is 0.387 e. The number of ether oxygens (including phenoxy) is 1. The number of benzene rings is 1. The Morgan fingerprint density at radius 2 is 2.05 bits per heavy atom. The molecule has 1 fully saturated rings. The molecule has 2 atom stereocenters. The maximum absolute atomic E-state index is 12.0. The summed E-state index contributed by atoms with van der Waals surface area (Å²) in [5.74, 6) is 0.208. The highest BCUT2D eigenvalue weighted by Crippen LogP contribution is 2.24. The number of halogens is 2. The van der Waals surface area contributed by atoms with E-state index in [1.165, 1.54) is 12.1 Å². The van der Waals surface area contributed by atoms with E-state index < -0.39 is 6.61 Å². The average molecular weight is 313 g/mol. The highest BCUT2D eigenvalue weighted by atomic mass is 19.3. The SMILES string of the molecule is O=C(CCc1ccc(OC(F)F)cc1)NCC1CCCC1O. The molecule has 0 aliphatic heterocycles. The normalized spacial score (nSPS) is 21.1. The van der Waals surface area contributed by atoms with Crippen LogP contribution in [-0.4, -0.2) is 30.3 Å². The summed E-state index contributed by atoms with van der Waals surface area (Å²) in [7, 11) is 0. The van der Waals surface area contributed by atoms with Crippen LogP contribution in [0, 0.1) is 5.92 Å². The van der Waals surface area contributed by atoms with Crippen LogP contribution < -0.4 is 10.1 Å². The van der Waals surface area contributed by atoms with Gasteiger partial charge >= 0.3 is 6.61 Å². The van der Waals surface area contributed by atoms with E-state index >= 15 is 0 Å². The van der Waals surface area contributed by atoms with Gasteiger partial charge in [0.1, 0.15) is 5.75 Å². The zero-order valence-corrected chi connectivity index (χ0v) is 12.3. The molecule has 0 bridgehead atoms. The molecule has 1 aliphatic carbocycles. The molecule has 0 aromatic heterocycles. The van der Waals surface area contributed by atoms with E-state index in [0.29, 0.717) is 19.4 Å². The van der Waals surface area contributed by atoms with Gasteiger partial charge in [-0.2, -0.15) is 8.78 Å². The van der Waals surface area contributed by atoms with Gasteiger partial charge in [-0.3, -0.25) is 4.79 Å². The molecule has 4 nitrogen and oxygen atoms in total. The smallest absolute Gasteiger partial charge is 0.387 e. The maximum atomic E-state index is 12.0. The summed E-state index contributed by atoms with van der Waals surface area (Å²) < 4.78 is 28.3. The first-order chi connectivity index (χ1) is 10.5. The molecule has 22 heavy (non-hydrogen) atoms. The number of carbonyl (C=O) groups excluding carboxylic acids is 1. The van der Waals surface area contributed by atoms with Crippen LogP contribution >= 0.6 is 0 Å². The lowest BCUT2D eigenvalue weighted by Gasteiger charge is -2.15. The van der Waals surface area contributed by atoms with Crippen molar-refractivity contribution in [2.24, 2.45) is 5.92 Å². The number of rotatable bonds is 7. The third-order valence-corrected chi connectivity index (χ3v) is 3.97. The Kier molecular flexibility index (Phi) is 6.12. The van der Waals surface area contributed by atoms with E-state index in [0.717, 1.165) is 24.8 Å². The number of aryl methyl sites for hydroxylation is 1. The number of aliphatic hydroxyl groups excluding tert-OH is 1. The van der Waals surface area contributed by atoms with Gasteiger partial charge in [-0.25, -0.2) is 0 Å². The summed E-state index contributed by atoms with van der Waals surface area (Å²) in [6.07, 6.45) is 3.34. The standard InChI is InChI=1S/C16H21F2NO3/c17-16(18)22-13-7-4-11(5-8-13)6-9-15(21)19-10-12-2-1-3-14(12)20/h4-5,7-8,12,14,16,20H,1-3,6,9-10H2,(H,19,21). The molecule has 122 valence electrons. The van der Waals surface area contributed by atoms with Crippen molar-refractivity contribution in [2.45, 2.75) is 44.8 Å². The van der Waals surface area contributed by atoms with Gasteiger partial charge in [0.05, 0.1) is 6.10 Å². The van der Waals surface area contributed by atoms with E-state index in [4.69, 9.17) is 0 Å². The molecule has 0 heterocycles. The molecule has 1 saturated carbocycles. The number of amides is 1. The van der Waals surface area contributed by atoms with Gasteiger partial charge < -0.3 is 15.2 Å². The van der Waals surface area contributed by atoms with E-state index in [1.807, 2.05) is 0 Å². The summed E-state index contributed by atoms with van der Waals surface area (Å²) >= 11 is 0. The van der Waals surface area contributed by atoms with Gasteiger partial charge in [0.25, 0.3) is 0 Å². The van der Waals surface area contributed by atoms with Crippen molar-refractivity contribution in [1.29, 1.82) is 0 Å². The monoisotopic (exact) mass is 313 g/mol. The van der Waals surface area contributed by atoms with Crippen LogP contribution in [0.25, 0.3) is 0 Å². The predicted octanol–water partition coefficient (Wildman–Crippen LogP) is 2.50. The van der Waals surface area contributed by atoms with E-state index in [1.54, 1.807) is 12.1 Å². The molecule has 0 radical (unpaired) electrons. The fourth-order valence-corrected chi connectivity index (χ4v) is 2.68. The largest absolute Gasteiger partial charge is 0.435 e. The van der Waals surface area contributed by atoms with Crippen molar-refractivity contribution in [3.8, 4) is 5.75 Å². The van der Waals surface area contributed by atoms with Crippen molar-refractivity contribution in [3.05, 3.63) is 29.8 Å². The van der Waals surface area contributed by atoms with Crippen LogP contribution in [-0.2, 0) is 11.2 Å². The van der Waals surface area contributed by atoms with Crippen molar-refractivity contribution in [1.82, 2.24) is 5.32 Å². The Labute approximate surface area is 128 Å². The molecule has 1 amide bonds. The highest BCUT2D eigenvalue weighted by Gasteiger charge is 2.25. The van der Waals surface area contributed by atoms with Crippen LogP contribution in [0.4, 0.5) is 8.78 Å². The van der Waals surface area contributed by atoms with Crippen LogP contribution in [0.3, 0.4) is 0 Å². The molecule has 1 aliphatic rings. The molecule has 2 unspecified atom stereocenters. The molecular weight excluding hydrogens is 292 g/mol. The van der Waals surface area contributed by atoms with Gasteiger partial charge in [0.2, 0.25) is 5.91 Å². The Morgan fingerprint density at radius 3 is 2.64 bits per heavy atom. The Hall–Kier alpha value is -1.69. The summed E-state index contributed by atoms with van der Waals surface area (Å²) in [6, 6.07) is 6.28. The lowest BCUT2D eigenvalue weighted by Crippen LogP contribution is -2.32. The molecule has 0 spiro atoms. The Bertz CT molecular complexity index is 479. The minimum absolute atomic E-state index is 0.0630. The molecular formula is C16H21F2NO3. The third kappa shape index (κ3) is 5.26. The molecule has 2 rings (SSSR count). The summed E-state index contributed by atoms with van der Waals surface area (Å²) in [4.78, 5) is 11.8. The first-order valence-electron chi connectivity index (χ1n) is 7.53. The zero-order valence-electron chi connectivity index (χ0n) is 12.3.